The lowest BCUT2D eigenvalue weighted by Gasteiger charge is -2.25. The van der Waals surface area contributed by atoms with Crippen molar-refractivity contribution in [2.24, 2.45) is 5.92 Å². The summed E-state index contributed by atoms with van der Waals surface area (Å²) in [6, 6.07) is 7.73. The Balaban J connectivity index is 1.80. The Bertz CT molecular complexity index is 664. The summed E-state index contributed by atoms with van der Waals surface area (Å²) in [4.78, 5) is 22.0. The first-order valence-electron chi connectivity index (χ1n) is 7.22. The van der Waals surface area contributed by atoms with E-state index in [2.05, 4.69) is 22.2 Å². The van der Waals surface area contributed by atoms with E-state index in [0.29, 0.717) is 18.3 Å². The molecule has 2 aromatic rings. The number of rotatable bonds is 2. The number of nitrogens with zero attached hydrogens (tertiary/aromatic N) is 3. The molecule has 6 heteroatoms. The van der Waals surface area contributed by atoms with Crippen LogP contribution >= 0.6 is 0 Å². The standard InChI is InChI=1S/C16H17FN4O/c1-11-7-14(12-3-2-4-13(17)8-12)21(9-11)16(22)20-15-5-6-18-10-19-15/h2-6,8,10-11,14H,7,9H2,1H3,(H,18,19,20,22)/t11-,14-/m1/s1. The van der Waals surface area contributed by atoms with Gasteiger partial charge in [0.25, 0.3) is 0 Å². The fourth-order valence-electron chi connectivity index (χ4n) is 2.85. The largest absolute Gasteiger partial charge is 0.323 e. The molecule has 2 atom stereocenters. The predicted molar refractivity (Wildman–Crippen MR) is 80.7 cm³/mol. The quantitative estimate of drug-likeness (QED) is 0.926. The number of amides is 2. The molecule has 1 N–H and O–H groups in total. The maximum atomic E-state index is 13.5. The number of carbonyl (C=O) groups is 1. The van der Waals surface area contributed by atoms with Crippen molar-refractivity contribution in [3.63, 3.8) is 0 Å². The number of hydrogen-bond donors (Lipinski definition) is 1. The lowest BCUT2D eigenvalue weighted by atomic mass is 10.0. The van der Waals surface area contributed by atoms with Crippen molar-refractivity contribution in [1.82, 2.24) is 14.9 Å². The molecule has 0 spiro atoms. The van der Waals surface area contributed by atoms with Crippen LogP contribution in [0.25, 0.3) is 0 Å². The van der Waals surface area contributed by atoms with Crippen LogP contribution in [-0.2, 0) is 0 Å². The fraction of sp³-hybridized carbons (Fsp3) is 0.312. The van der Waals surface area contributed by atoms with E-state index in [1.165, 1.54) is 18.5 Å². The summed E-state index contributed by atoms with van der Waals surface area (Å²) >= 11 is 0. The number of aromatic nitrogens is 2. The van der Waals surface area contributed by atoms with Crippen LogP contribution in [0.4, 0.5) is 15.0 Å². The number of nitrogens with one attached hydrogen (secondary N) is 1. The maximum Gasteiger partial charge on any atom is 0.323 e. The van der Waals surface area contributed by atoms with Crippen LogP contribution in [0.15, 0.2) is 42.9 Å². The fourth-order valence-corrected chi connectivity index (χ4v) is 2.85. The van der Waals surface area contributed by atoms with Crippen LogP contribution in [-0.4, -0.2) is 27.4 Å². The monoisotopic (exact) mass is 300 g/mol. The van der Waals surface area contributed by atoms with Crippen molar-refractivity contribution < 1.29 is 9.18 Å². The summed E-state index contributed by atoms with van der Waals surface area (Å²) in [5.41, 5.74) is 0.821. The highest BCUT2D eigenvalue weighted by molar-refractivity contribution is 5.88. The van der Waals surface area contributed by atoms with Gasteiger partial charge < -0.3 is 4.90 Å². The van der Waals surface area contributed by atoms with Crippen molar-refractivity contribution in [2.75, 3.05) is 11.9 Å². The highest BCUT2D eigenvalue weighted by atomic mass is 19.1. The second-order valence-corrected chi connectivity index (χ2v) is 5.59. The molecule has 1 aliphatic heterocycles. The van der Waals surface area contributed by atoms with E-state index < -0.39 is 0 Å². The van der Waals surface area contributed by atoms with Gasteiger partial charge >= 0.3 is 6.03 Å². The number of anilines is 1. The van der Waals surface area contributed by atoms with E-state index in [9.17, 15) is 9.18 Å². The number of hydrogen-bond acceptors (Lipinski definition) is 3. The third kappa shape index (κ3) is 3.05. The second-order valence-electron chi connectivity index (χ2n) is 5.59. The third-order valence-corrected chi connectivity index (χ3v) is 3.82. The minimum Gasteiger partial charge on any atom is -0.317 e. The number of carbonyl (C=O) groups excluding carboxylic acids is 1. The molecule has 5 nitrogen and oxygen atoms in total. The van der Waals surface area contributed by atoms with Gasteiger partial charge in [0.15, 0.2) is 0 Å². The Morgan fingerprint density at radius 3 is 3.00 bits per heavy atom. The first-order chi connectivity index (χ1) is 10.6. The van der Waals surface area contributed by atoms with Crippen molar-refractivity contribution in [2.45, 2.75) is 19.4 Å². The Hall–Kier alpha value is -2.50. The van der Waals surface area contributed by atoms with Gasteiger partial charge in [0, 0.05) is 12.7 Å². The zero-order chi connectivity index (χ0) is 15.5. The van der Waals surface area contributed by atoms with Gasteiger partial charge in [-0.15, -0.1) is 0 Å². The molecule has 1 aliphatic rings. The van der Waals surface area contributed by atoms with Crippen molar-refractivity contribution in [3.8, 4) is 0 Å². The molecular weight excluding hydrogens is 283 g/mol. The van der Waals surface area contributed by atoms with Crippen molar-refractivity contribution in [3.05, 3.63) is 54.2 Å². The van der Waals surface area contributed by atoms with Crippen molar-refractivity contribution in [1.29, 1.82) is 0 Å². The molecule has 0 aliphatic carbocycles. The normalized spacial score (nSPS) is 20.9. The molecule has 1 saturated heterocycles. The lowest BCUT2D eigenvalue weighted by molar-refractivity contribution is 0.206. The summed E-state index contributed by atoms with van der Waals surface area (Å²) in [6.45, 7) is 2.72. The van der Waals surface area contributed by atoms with Gasteiger partial charge in [-0.1, -0.05) is 19.1 Å². The van der Waals surface area contributed by atoms with Gasteiger partial charge in [0.1, 0.15) is 18.0 Å². The number of likely N-dealkylation sites (tertiary alicyclic amines) is 1. The van der Waals surface area contributed by atoms with Crippen LogP contribution in [0, 0.1) is 11.7 Å². The van der Waals surface area contributed by atoms with E-state index in [1.807, 2.05) is 6.07 Å². The molecule has 1 fully saturated rings. The molecule has 0 bridgehead atoms. The topological polar surface area (TPSA) is 58.1 Å². The summed E-state index contributed by atoms with van der Waals surface area (Å²) in [7, 11) is 0. The van der Waals surface area contributed by atoms with Crippen LogP contribution in [0.3, 0.4) is 0 Å². The summed E-state index contributed by atoms with van der Waals surface area (Å²) in [6.07, 6.45) is 3.77. The van der Waals surface area contributed by atoms with E-state index in [1.54, 1.807) is 23.2 Å². The Labute approximate surface area is 128 Å². The first kappa shape index (κ1) is 14.4. The van der Waals surface area contributed by atoms with Gasteiger partial charge in [-0.25, -0.2) is 19.2 Å². The highest BCUT2D eigenvalue weighted by Crippen LogP contribution is 2.35. The van der Waals surface area contributed by atoms with Crippen LogP contribution in [0.1, 0.15) is 24.9 Å². The second kappa shape index (κ2) is 6.09. The van der Waals surface area contributed by atoms with Gasteiger partial charge in [-0.3, -0.25) is 5.32 Å². The lowest BCUT2D eigenvalue weighted by Crippen LogP contribution is -2.35. The van der Waals surface area contributed by atoms with Gasteiger partial charge in [-0.2, -0.15) is 0 Å². The van der Waals surface area contributed by atoms with Gasteiger partial charge in [0.2, 0.25) is 0 Å². The number of benzene rings is 1. The molecule has 0 unspecified atom stereocenters. The molecule has 2 amide bonds. The molecule has 0 saturated carbocycles. The first-order valence-corrected chi connectivity index (χ1v) is 7.22. The molecule has 22 heavy (non-hydrogen) atoms. The molecule has 0 radical (unpaired) electrons. The maximum absolute atomic E-state index is 13.5. The summed E-state index contributed by atoms with van der Waals surface area (Å²) < 4.78 is 13.5. The van der Waals surface area contributed by atoms with E-state index in [4.69, 9.17) is 0 Å². The Morgan fingerprint density at radius 2 is 2.27 bits per heavy atom. The number of urea groups is 1. The molecule has 1 aromatic carbocycles. The Kier molecular flexibility index (Phi) is 4.00. The average Bonchev–Trinajstić information content (AvgIpc) is 2.90. The Morgan fingerprint density at radius 1 is 1.41 bits per heavy atom. The van der Waals surface area contributed by atoms with Crippen LogP contribution < -0.4 is 5.32 Å². The molecule has 3 rings (SSSR count). The zero-order valence-electron chi connectivity index (χ0n) is 12.2. The predicted octanol–water partition coefficient (Wildman–Crippen LogP) is 3.23. The average molecular weight is 300 g/mol. The van der Waals surface area contributed by atoms with Gasteiger partial charge in [-0.05, 0) is 36.1 Å². The van der Waals surface area contributed by atoms with Crippen molar-refractivity contribution >= 4 is 11.8 Å². The van der Waals surface area contributed by atoms with E-state index in [0.717, 1.165) is 12.0 Å². The summed E-state index contributed by atoms with van der Waals surface area (Å²) in [5, 5.41) is 2.76. The smallest absolute Gasteiger partial charge is 0.317 e. The van der Waals surface area contributed by atoms with Crippen LogP contribution in [0.5, 0.6) is 0 Å². The zero-order valence-corrected chi connectivity index (χ0v) is 12.2. The minimum atomic E-state index is -0.284. The van der Waals surface area contributed by atoms with Crippen LogP contribution in [0.2, 0.25) is 0 Å². The molecular formula is C16H17FN4O. The van der Waals surface area contributed by atoms with E-state index >= 15 is 0 Å². The van der Waals surface area contributed by atoms with E-state index in [-0.39, 0.29) is 17.9 Å². The van der Waals surface area contributed by atoms with Gasteiger partial charge in [0.05, 0.1) is 6.04 Å². The third-order valence-electron chi connectivity index (χ3n) is 3.82. The molecule has 114 valence electrons. The molecule has 1 aromatic heterocycles. The highest BCUT2D eigenvalue weighted by Gasteiger charge is 2.34. The molecule has 2 heterocycles. The minimum absolute atomic E-state index is 0.118. The summed E-state index contributed by atoms with van der Waals surface area (Å²) in [5.74, 6) is 0.537. The SMILES string of the molecule is C[C@@H]1C[C@H](c2cccc(F)c2)N(C(=O)Nc2ccncn2)C1. The number of halogens is 1.